The molecule has 94 valence electrons. The minimum atomic E-state index is -3.71. The summed E-state index contributed by atoms with van der Waals surface area (Å²) in [6.07, 6.45) is 4.46. The van der Waals surface area contributed by atoms with Crippen molar-refractivity contribution in [2.75, 3.05) is 0 Å². The van der Waals surface area contributed by atoms with E-state index < -0.39 is 15.6 Å². The number of sulfone groups is 1. The van der Waals surface area contributed by atoms with Crippen molar-refractivity contribution in [2.24, 2.45) is 0 Å². The van der Waals surface area contributed by atoms with E-state index in [9.17, 15) is 13.2 Å². The number of Topliss-reactive ketones (excluding diaryl/α,β-unsaturated/α-hetero) is 1. The molecule has 0 N–H and O–H groups in total. The van der Waals surface area contributed by atoms with E-state index >= 15 is 0 Å². The van der Waals surface area contributed by atoms with Gasteiger partial charge in [0.2, 0.25) is 15.6 Å². The summed E-state index contributed by atoms with van der Waals surface area (Å²) in [7, 11) is -3.71. The molecule has 0 bridgehead atoms. The van der Waals surface area contributed by atoms with Crippen molar-refractivity contribution in [2.45, 2.75) is 4.90 Å². The number of carbonyl (C=O) groups is 1. The zero-order valence-corrected chi connectivity index (χ0v) is 10.6. The zero-order chi connectivity index (χ0) is 13.5. The minimum absolute atomic E-state index is 0.0788. The molecule has 0 amide bonds. The van der Waals surface area contributed by atoms with Crippen LogP contribution in [0, 0.1) is 0 Å². The zero-order valence-electron chi connectivity index (χ0n) is 9.78. The van der Waals surface area contributed by atoms with Gasteiger partial charge >= 0.3 is 0 Å². The number of aromatic nitrogens is 1. The predicted octanol–water partition coefficient (Wildman–Crippen LogP) is 2.09. The molecule has 0 radical (unpaired) electrons. The van der Waals surface area contributed by atoms with E-state index in [1.807, 2.05) is 0 Å². The van der Waals surface area contributed by atoms with E-state index in [-0.39, 0.29) is 15.4 Å². The van der Waals surface area contributed by atoms with Gasteiger partial charge in [0.15, 0.2) is 0 Å². The number of pyridine rings is 1. The Kier molecular flexibility index (Phi) is 2.57. The number of ketones is 1. The van der Waals surface area contributed by atoms with Crippen LogP contribution in [0.3, 0.4) is 0 Å². The predicted molar refractivity (Wildman–Crippen MR) is 70.2 cm³/mol. The van der Waals surface area contributed by atoms with Crippen molar-refractivity contribution in [3.05, 3.63) is 64.8 Å². The largest absolute Gasteiger partial charge is 0.288 e. The summed E-state index contributed by atoms with van der Waals surface area (Å²) >= 11 is 0. The Morgan fingerprint density at radius 2 is 1.84 bits per heavy atom. The van der Waals surface area contributed by atoms with E-state index in [0.717, 1.165) is 0 Å². The second kappa shape index (κ2) is 4.13. The summed E-state index contributed by atoms with van der Waals surface area (Å²) in [4.78, 5) is 15.9. The number of fused-ring (bicyclic) bond motifs is 1. The summed E-state index contributed by atoms with van der Waals surface area (Å²) in [5.74, 6) is -0.459. The molecule has 0 saturated carbocycles. The van der Waals surface area contributed by atoms with Gasteiger partial charge in [-0.15, -0.1) is 0 Å². The first-order valence-electron chi connectivity index (χ1n) is 5.61. The molecular weight excluding hydrogens is 262 g/mol. The van der Waals surface area contributed by atoms with Crippen molar-refractivity contribution in [1.82, 2.24) is 4.98 Å². The first-order chi connectivity index (χ1) is 9.10. The third kappa shape index (κ3) is 1.79. The highest BCUT2D eigenvalue weighted by Gasteiger charge is 2.38. The van der Waals surface area contributed by atoms with Crippen LogP contribution in [-0.4, -0.2) is 19.2 Å². The molecule has 2 aromatic rings. The molecule has 0 aliphatic carbocycles. The fourth-order valence-corrected chi connectivity index (χ4v) is 3.61. The number of carbonyl (C=O) groups excluding carboxylic acids is 1. The van der Waals surface area contributed by atoms with Gasteiger partial charge in [0.1, 0.15) is 4.91 Å². The van der Waals surface area contributed by atoms with Crippen LogP contribution in [-0.2, 0) is 9.84 Å². The number of benzene rings is 1. The highest BCUT2D eigenvalue weighted by atomic mass is 32.2. The lowest BCUT2D eigenvalue weighted by Gasteiger charge is -1.97. The molecule has 1 aliphatic heterocycles. The van der Waals surface area contributed by atoms with E-state index in [2.05, 4.69) is 4.98 Å². The summed E-state index contributed by atoms with van der Waals surface area (Å²) in [6.45, 7) is 0. The van der Waals surface area contributed by atoms with Gasteiger partial charge in [0, 0.05) is 18.0 Å². The first-order valence-corrected chi connectivity index (χ1v) is 7.09. The summed E-state index contributed by atoms with van der Waals surface area (Å²) in [6, 6.07) is 9.62. The number of allylic oxidation sites excluding steroid dienone is 1. The highest BCUT2D eigenvalue weighted by Crippen LogP contribution is 2.34. The molecule has 19 heavy (non-hydrogen) atoms. The average molecular weight is 271 g/mol. The van der Waals surface area contributed by atoms with E-state index in [4.69, 9.17) is 0 Å². The standard InChI is InChI=1S/C14H9NO3S/c16-14-11-5-1-2-6-12(11)19(17,18)13(14)8-10-4-3-7-15-9-10/h1-9H/b13-8+. The highest BCUT2D eigenvalue weighted by molar-refractivity contribution is 7.97. The van der Waals surface area contributed by atoms with Crippen LogP contribution >= 0.6 is 0 Å². The van der Waals surface area contributed by atoms with Crippen LogP contribution in [0.25, 0.3) is 6.08 Å². The van der Waals surface area contributed by atoms with Crippen molar-refractivity contribution < 1.29 is 13.2 Å². The van der Waals surface area contributed by atoms with Gasteiger partial charge in [0.25, 0.3) is 0 Å². The lowest BCUT2D eigenvalue weighted by atomic mass is 10.1. The Labute approximate surface area is 110 Å². The molecule has 0 saturated heterocycles. The Bertz CT molecular complexity index is 792. The van der Waals surface area contributed by atoms with Crippen LogP contribution < -0.4 is 0 Å². The van der Waals surface area contributed by atoms with Crippen LogP contribution in [0.15, 0.2) is 58.6 Å². The maximum atomic E-state index is 12.3. The molecule has 0 unspecified atom stereocenters. The molecule has 4 nitrogen and oxygen atoms in total. The van der Waals surface area contributed by atoms with Crippen molar-refractivity contribution in [3.8, 4) is 0 Å². The van der Waals surface area contributed by atoms with Crippen molar-refractivity contribution in [3.63, 3.8) is 0 Å². The second-order valence-electron chi connectivity index (χ2n) is 4.12. The molecule has 1 aromatic carbocycles. The summed E-state index contributed by atoms with van der Waals surface area (Å²) in [5, 5.41) is 0. The Morgan fingerprint density at radius 1 is 1.05 bits per heavy atom. The van der Waals surface area contributed by atoms with E-state index in [1.54, 1.807) is 30.5 Å². The quantitative estimate of drug-likeness (QED) is 0.745. The molecule has 1 aromatic heterocycles. The van der Waals surface area contributed by atoms with E-state index in [0.29, 0.717) is 5.56 Å². The Balaban J connectivity index is 2.22. The van der Waals surface area contributed by atoms with Gasteiger partial charge in [-0.05, 0) is 29.8 Å². The maximum absolute atomic E-state index is 12.3. The third-order valence-electron chi connectivity index (χ3n) is 2.92. The topological polar surface area (TPSA) is 64.1 Å². The number of hydrogen-bond acceptors (Lipinski definition) is 4. The first kappa shape index (κ1) is 11.8. The molecule has 3 rings (SSSR count). The van der Waals surface area contributed by atoms with Crippen molar-refractivity contribution in [1.29, 1.82) is 0 Å². The maximum Gasteiger partial charge on any atom is 0.211 e. The van der Waals surface area contributed by atoms with E-state index in [1.165, 1.54) is 24.4 Å². The van der Waals surface area contributed by atoms with Crippen LogP contribution in [0.5, 0.6) is 0 Å². The number of nitrogens with zero attached hydrogens (tertiary/aromatic N) is 1. The SMILES string of the molecule is O=C1/C(=C\c2cccnc2)S(=O)(=O)c2ccccc21. The van der Waals surface area contributed by atoms with Crippen molar-refractivity contribution >= 4 is 21.7 Å². The van der Waals surface area contributed by atoms with Crippen LogP contribution in [0.1, 0.15) is 15.9 Å². The fraction of sp³-hybridized carbons (Fsp3) is 0. The van der Waals surface area contributed by atoms with Gasteiger partial charge in [-0.1, -0.05) is 18.2 Å². The lowest BCUT2D eigenvalue weighted by molar-refractivity contribution is 0.104. The molecular formula is C14H9NO3S. The molecule has 5 heteroatoms. The lowest BCUT2D eigenvalue weighted by Crippen LogP contribution is -2.02. The molecule has 0 atom stereocenters. The molecule has 0 fully saturated rings. The smallest absolute Gasteiger partial charge is 0.211 e. The van der Waals surface area contributed by atoms with Gasteiger partial charge in [-0.2, -0.15) is 0 Å². The summed E-state index contributed by atoms with van der Waals surface area (Å²) in [5.41, 5.74) is 0.819. The number of rotatable bonds is 1. The number of hydrogen-bond donors (Lipinski definition) is 0. The van der Waals surface area contributed by atoms with Crippen LogP contribution in [0.2, 0.25) is 0 Å². The second-order valence-corrected chi connectivity index (χ2v) is 6.01. The molecule has 0 spiro atoms. The average Bonchev–Trinajstić information content (AvgIpc) is 2.62. The van der Waals surface area contributed by atoms with Gasteiger partial charge in [-0.3, -0.25) is 9.78 Å². The normalized spacial score (nSPS) is 18.5. The minimum Gasteiger partial charge on any atom is -0.288 e. The fourth-order valence-electron chi connectivity index (χ4n) is 2.02. The Hall–Kier alpha value is -2.27. The molecule has 2 heterocycles. The monoisotopic (exact) mass is 271 g/mol. The summed E-state index contributed by atoms with van der Waals surface area (Å²) < 4.78 is 24.6. The van der Waals surface area contributed by atoms with Gasteiger partial charge in [-0.25, -0.2) is 8.42 Å². The van der Waals surface area contributed by atoms with Crippen LogP contribution in [0.4, 0.5) is 0 Å². The third-order valence-corrected chi connectivity index (χ3v) is 4.73. The van der Waals surface area contributed by atoms with Gasteiger partial charge < -0.3 is 0 Å². The van der Waals surface area contributed by atoms with Gasteiger partial charge in [0.05, 0.1) is 4.90 Å². The Morgan fingerprint density at radius 3 is 2.53 bits per heavy atom. The molecule has 1 aliphatic rings.